The van der Waals surface area contributed by atoms with Crippen molar-refractivity contribution in [2.24, 2.45) is 11.7 Å². The predicted molar refractivity (Wildman–Crippen MR) is 63.9 cm³/mol. The van der Waals surface area contributed by atoms with Crippen LogP contribution in [0.2, 0.25) is 0 Å². The molecule has 1 unspecified atom stereocenters. The zero-order valence-corrected chi connectivity index (χ0v) is 9.83. The highest BCUT2D eigenvalue weighted by Gasteiger charge is 2.24. The third-order valence-electron chi connectivity index (χ3n) is 3.76. The van der Waals surface area contributed by atoms with E-state index in [0.717, 1.165) is 18.9 Å². The molecule has 0 aromatic heterocycles. The fourth-order valence-corrected chi connectivity index (χ4v) is 2.91. The van der Waals surface area contributed by atoms with E-state index in [9.17, 15) is 0 Å². The summed E-state index contributed by atoms with van der Waals surface area (Å²) >= 11 is 0. The molecule has 1 atom stereocenters. The molecule has 2 rings (SSSR count). The van der Waals surface area contributed by atoms with Gasteiger partial charge in [-0.2, -0.15) is 0 Å². The number of likely N-dealkylation sites (tertiary alicyclic amines) is 2. The van der Waals surface area contributed by atoms with Crippen molar-refractivity contribution in [3.05, 3.63) is 0 Å². The van der Waals surface area contributed by atoms with E-state index in [1.165, 1.54) is 58.5 Å². The molecule has 0 radical (unpaired) electrons. The van der Waals surface area contributed by atoms with E-state index in [-0.39, 0.29) is 0 Å². The van der Waals surface area contributed by atoms with Gasteiger partial charge in [0.1, 0.15) is 0 Å². The molecule has 2 fully saturated rings. The molecule has 2 saturated heterocycles. The molecule has 0 aliphatic carbocycles. The zero-order valence-electron chi connectivity index (χ0n) is 9.83. The SMILES string of the molecule is NCCCN1CCC(CN2CCCC2)C1. The van der Waals surface area contributed by atoms with Crippen molar-refractivity contribution in [1.82, 2.24) is 9.80 Å². The molecule has 2 heterocycles. The van der Waals surface area contributed by atoms with Crippen molar-refractivity contribution < 1.29 is 0 Å². The molecule has 0 bridgehead atoms. The highest BCUT2D eigenvalue weighted by atomic mass is 15.2. The minimum Gasteiger partial charge on any atom is -0.330 e. The van der Waals surface area contributed by atoms with Crippen molar-refractivity contribution in [3.63, 3.8) is 0 Å². The van der Waals surface area contributed by atoms with E-state index in [2.05, 4.69) is 9.80 Å². The minimum absolute atomic E-state index is 0.841. The Morgan fingerprint density at radius 2 is 1.87 bits per heavy atom. The second kappa shape index (κ2) is 5.83. The molecule has 3 heteroatoms. The molecule has 0 aromatic rings. The number of hydrogen-bond donors (Lipinski definition) is 1. The van der Waals surface area contributed by atoms with Gasteiger partial charge < -0.3 is 15.5 Å². The maximum Gasteiger partial charge on any atom is 0.00224 e. The molecule has 0 amide bonds. The molecule has 2 aliphatic rings. The number of hydrogen-bond acceptors (Lipinski definition) is 3. The summed E-state index contributed by atoms with van der Waals surface area (Å²) in [5, 5.41) is 0. The van der Waals surface area contributed by atoms with Crippen LogP contribution in [0.5, 0.6) is 0 Å². The van der Waals surface area contributed by atoms with Gasteiger partial charge in [0.25, 0.3) is 0 Å². The minimum atomic E-state index is 0.841. The van der Waals surface area contributed by atoms with Gasteiger partial charge in [-0.3, -0.25) is 0 Å². The Balaban J connectivity index is 1.63. The van der Waals surface area contributed by atoms with Crippen molar-refractivity contribution in [2.45, 2.75) is 25.7 Å². The predicted octanol–water partition coefficient (Wildman–Crippen LogP) is 0.753. The van der Waals surface area contributed by atoms with Crippen LogP contribution in [-0.2, 0) is 0 Å². The van der Waals surface area contributed by atoms with E-state index >= 15 is 0 Å². The average molecular weight is 211 g/mol. The fraction of sp³-hybridized carbons (Fsp3) is 1.00. The summed E-state index contributed by atoms with van der Waals surface area (Å²) < 4.78 is 0. The third kappa shape index (κ3) is 3.44. The van der Waals surface area contributed by atoms with Gasteiger partial charge in [0.2, 0.25) is 0 Å². The van der Waals surface area contributed by atoms with E-state index in [1.54, 1.807) is 0 Å². The Kier molecular flexibility index (Phi) is 4.42. The highest BCUT2D eigenvalue weighted by molar-refractivity contribution is 4.79. The third-order valence-corrected chi connectivity index (χ3v) is 3.76. The maximum atomic E-state index is 5.54. The highest BCUT2D eigenvalue weighted by Crippen LogP contribution is 2.19. The topological polar surface area (TPSA) is 32.5 Å². The van der Waals surface area contributed by atoms with Gasteiger partial charge in [0, 0.05) is 13.1 Å². The van der Waals surface area contributed by atoms with Crippen LogP contribution >= 0.6 is 0 Å². The van der Waals surface area contributed by atoms with Crippen LogP contribution in [0, 0.1) is 5.92 Å². The van der Waals surface area contributed by atoms with Crippen LogP contribution < -0.4 is 5.73 Å². The van der Waals surface area contributed by atoms with Crippen molar-refractivity contribution in [2.75, 3.05) is 45.8 Å². The molecule has 0 spiro atoms. The van der Waals surface area contributed by atoms with Gasteiger partial charge >= 0.3 is 0 Å². The molecule has 15 heavy (non-hydrogen) atoms. The Hall–Kier alpha value is -0.120. The van der Waals surface area contributed by atoms with E-state index in [0.29, 0.717) is 0 Å². The normalized spacial score (nSPS) is 29.0. The Labute approximate surface area is 93.6 Å². The van der Waals surface area contributed by atoms with Gasteiger partial charge in [-0.25, -0.2) is 0 Å². The summed E-state index contributed by atoms with van der Waals surface area (Å²) in [7, 11) is 0. The molecule has 2 N–H and O–H groups in total. The van der Waals surface area contributed by atoms with E-state index < -0.39 is 0 Å². The van der Waals surface area contributed by atoms with Gasteiger partial charge in [-0.05, 0) is 64.3 Å². The molecular weight excluding hydrogens is 186 g/mol. The zero-order chi connectivity index (χ0) is 10.5. The standard InChI is InChI=1S/C12H25N3/c13-5-3-8-15-9-4-12(11-15)10-14-6-1-2-7-14/h12H,1-11,13H2. The Morgan fingerprint density at radius 3 is 2.60 bits per heavy atom. The Bertz CT molecular complexity index is 178. The van der Waals surface area contributed by atoms with Crippen LogP contribution in [0.4, 0.5) is 0 Å². The lowest BCUT2D eigenvalue weighted by molar-refractivity contribution is 0.263. The van der Waals surface area contributed by atoms with Gasteiger partial charge in [-0.15, -0.1) is 0 Å². The van der Waals surface area contributed by atoms with Crippen LogP contribution in [0.25, 0.3) is 0 Å². The summed E-state index contributed by atoms with van der Waals surface area (Å²) in [5.74, 6) is 0.931. The first-order chi connectivity index (χ1) is 7.38. The first-order valence-electron chi connectivity index (χ1n) is 6.53. The van der Waals surface area contributed by atoms with Crippen LogP contribution in [0.15, 0.2) is 0 Å². The first-order valence-corrected chi connectivity index (χ1v) is 6.53. The van der Waals surface area contributed by atoms with E-state index in [4.69, 9.17) is 5.73 Å². The number of nitrogens with zero attached hydrogens (tertiary/aromatic N) is 2. The van der Waals surface area contributed by atoms with Gasteiger partial charge in [-0.1, -0.05) is 0 Å². The molecular formula is C12H25N3. The molecule has 0 aromatic carbocycles. The smallest absolute Gasteiger partial charge is 0.00224 e. The molecule has 0 saturated carbocycles. The summed E-state index contributed by atoms with van der Waals surface area (Å²) in [6.07, 6.45) is 5.41. The number of nitrogens with two attached hydrogens (primary N) is 1. The lowest BCUT2D eigenvalue weighted by atomic mass is 10.1. The van der Waals surface area contributed by atoms with Crippen molar-refractivity contribution in [3.8, 4) is 0 Å². The summed E-state index contributed by atoms with van der Waals surface area (Å²) in [6, 6.07) is 0. The quantitative estimate of drug-likeness (QED) is 0.728. The largest absolute Gasteiger partial charge is 0.330 e. The molecule has 88 valence electrons. The maximum absolute atomic E-state index is 5.54. The lowest BCUT2D eigenvalue weighted by Crippen LogP contribution is -2.29. The van der Waals surface area contributed by atoms with Crippen LogP contribution in [0.1, 0.15) is 25.7 Å². The van der Waals surface area contributed by atoms with Crippen molar-refractivity contribution in [1.29, 1.82) is 0 Å². The summed E-state index contributed by atoms with van der Waals surface area (Å²) in [5.41, 5.74) is 5.54. The number of rotatable bonds is 5. The van der Waals surface area contributed by atoms with E-state index in [1.807, 2.05) is 0 Å². The monoisotopic (exact) mass is 211 g/mol. The second-order valence-corrected chi connectivity index (χ2v) is 5.11. The lowest BCUT2D eigenvalue weighted by Gasteiger charge is -2.20. The summed E-state index contributed by atoms with van der Waals surface area (Å²) in [4.78, 5) is 5.24. The summed E-state index contributed by atoms with van der Waals surface area (Å²) in [6.45, 7) is 8.72. The fourth-order valence-electron chi connectivity index (χ4n) is 2.91. The molecule has 3 nitrogen and oxygen atoms in total. The van der Waals surface area contributed by atoms with Crippen molar-refractivity contribution >= 4 is 0 Å². The van der Waals surface area contributed by atoms with Crippen LogP contribution in [0.3, 0.4) is 0 Å². The Morgan fingerprint density at radius 1 is 1.07 bits per heavy atom. The second-order valence-electron chi connectivity index (χ2n) is 5.11. The van der Waals surface area contributed by atoms with Crippen LogP contribution in [-0.4, -0.2) is 55.6 Å². The van der Waals surface area contributed by atoms with Gasteiger partial charge in [0.15, 0.2) is 0 Å². The first kappa shape index (κ1) is 11.4. The molecule has 2 aliphatic heterocycles. The van der Waals surface area contributed by atoms with Gasteiger partial charge in [0.05, 0.1) is 0 Å². The average Bonchev–Trinajstić information content (AvgIpc) is 2.87.